The number of benzene rings is 1. The van der Waals surface area contributed by atoms with Crippen molar-refractivity contribution < 1.29 is 61.9 Å². The number of rotatable bonds is 0. The van der Waals surface area contributed by atoms with Crippen LogP contribution in [0.25, 0.3) is 11.0 Å². The van der Waals surface area contributed by atoms with E-state index in [1.54, 1.807) is 24.7 Å². The smallest absolute Gasteiger partial charge is 1.00 e. The van der Waals surface area contributed by atoms with Gasteiger partial charge in [0.2, 0.25) is 0 Å². The maximum atomic E-state index is 3.51. The minimum absolute atomic E-state index is 0. The minimum Gasteiger partial charge on any atom is -1.00 e. The van der Waals surface area contributed by atoms with Gasteiger partial charge in [-0.3, -0.25) is 0 Å². The standard InChI is InChI=1S/C11H6BrS.3ClH.Zr/c12-9-1-2-10-8(6-9)5-7-3-4-13-11(7)10;;;;/h1-6H;3*1H;/q;;;;+3/p-3. The van der Waals surface area contributed by atoms with Crippen LogP contribution < -0.4 is 47.7 Å². The maximum absolute atomic E-state index is 3.51. The van der Waals surface area contributed by atoms with Gasteiger partial charge in [-0.15, -0.1) is 0 Å². The molecular formula is C11H6BrCl3SZr. The molecular weight excluding hydrogens is 442 g/mol. The van der Waals surface area contributed by atoms with E-state index in [9.17, 15) is 0 Å². The first-order valence-corrected chi connectivity index (χ1v) is 7.45. The van der Waals surface area contributed by atoms with Gasteiger partial charge in [0.1, 0.15) is 0 Å². The molecule has 0 saturated heterocycles. The van der Waals surface area contributed by atoms with Crippen LogP contribution in [-0.4, -0.2) is 2.96 Å². The van der Waals surface area contributed by atoms with E-state index >= 15 is 0 Å². The van der Waals surface area contributed by atoms with Gasteiger partial charge < -0.3 is 37.2 Å². The van der Waals surface area contributed by atoms with Gasteiger partial charge in [-0.05, 0) is 0 Å². The normalized spacial score (nSPS) is 18.9. The molecule has 1 atom stereocenters. The average molecular weight is 448 g/mol. The van der Waals surface area contributed by atoms with Crippen LogP contribution in [0.1, 0.15) is 0 Å². The summed E-state index contributed by atoms with van der Waals surface area (Å²) in [6.07, 6.45) is 4.68. The molecule has 0 bridgehead atoms. The molecule has 17 heavy (non-hydrogen) atoms. The van der Waals surface area contributed by atoms with Gasteiger partial charge >= 0.3 is 111 Å². The summed E-state index contributed by atoms with van der Waals surface area (Å²) in [5, 5.41) is 2.77. The Bertz CT molecular complexity index is 571. The predicted molar refractivity (Wildman–Crippen MR) is 60.7 cm³/mol. The van der Waals surface area contributed by atoms with Gasteiger partial charge in [0.15, 0.2) is 0 Å². The van der Waals surface area contributed by atoms with E-state index in [2.05, 4.69) is 46.3 Å². The number of thioether (sulfide) groups is 1. The van der Waals surface area contributed by atoms with Crippen molar-refractivity contribution >= 4 is 38.7 Å². The molecule has 0 fully saturated rings. The molecule has 1 aliphatic carbocycles. The molecule has 0 radical (unpaired) electrons. The van der Waals surface area contributed by atoms with Gasteiger partial charge in [0.25, 0.3) is 0 Å². The Morgan fingerprint density at radius 1 is 1.18 bits per heavy atom. The van der Waals surface area contributed by atoms with E-state index in [4.69, 9.17) is 0 Å². The van der Waals surface area contributed by atoms with Gasteiger partial charge in [0, 0.05) is 0 Å². The summed E-state index contributed by atoms with van der Waals surface area (Å²) in [5.41, 5.74) is 1.44. The first-order chi connectivity index (χ1) is 6.74. The largest absolute Gasteiger partial charge is 1.00 e. The SMILES string of the molecule is Brc1ccc2c(c1)=CC1=C[CH]([Zr+3])SC=21.[Cl-].[Cl-].[Cl-]. The maximum Gasteiger partial charge on any atom is -1.00 e. The Kier molecular flexibility index (Phi) is 7.71. The zero-order valence-corrected chi connectivity index (χ0v) is 15.5. The molecule has 0 saturated carbocycles. The Labute approximate surface area is 147 Å². The summed E-state index contributed by atoms with van der Waals surface area (Å²) >= 11 is 7.10. The Balaban J connectivity index is 0.000000853. The van der Waals surface area contributed by atoms with E-state index in [1.165, 1.54) is 20.9 Å². The Morgan fingerprint density at radius 2 is 1.88 bits per heavy atom. The summed E-state index contributed by atoms with van der Waals surface area (Å²) in [4.78, 5) is 1.48. The molecule has 0 N–H and O–H groups in total. The fourth-order valence-electron chi connectivity index (χ4n) is 1.83. The summed E-state index contributed by atoms with van der Waals surface area (Å²) in [6, 6.07) is 6.53. The second-order valence-electron chi connectivity index (χ2n) is 3.37. The zero-order valence-electron chi connectivity index (χ0n) is 8.38. The summed E-state index contributed by atoms with van der Waals surface area (Å²) < 4.78 is 1.89. The molecule has 88 valence electrons. The number of hydrogen-bond acceptors (Lipinski definition) is 1. The molecule has 6 heteroatoms. The van der Waals surface area contributed by atoms with Crippen LogP contribution in [0.3, 0.4) is 0 Å². The van der Waals surface area contributed by atoms with Crippen molar-refractivity contribution in [3.05, 3.63) is 44.8 Å². The van der Waals surface area contributed by atoms with Crippen LogP contribution in [0.15, 0.2) is 34.3 Å². The molecule has 0 spiro atoms. The predicted octanol–water partition coefficient (Wildman–Crippen LogP) is -7.09. The van der Waals surface area contributed by atoms with Gasteiger partial charge in [-0.2, -0.15) is 0 Å². The molecule has 0 aromatic heterocycles. The van der Waals surface area contributed by atoms with Crippen LogP contribution in [0.5, 0.6) is 0 Å². The molecule has 3 rings (SSSR count). The van der Waals surface area contributed by atoms with E-state index < -0.39 is 0 Å². The van der Waals surface area contributed by atoms with E-state index in [0.29, 0.717) is 0 Å². The van der Waals surface area contributed by atoms with E-state index in [0.717, 1.165) is 7.43 Å². The second kappa shape index (κ2) is 7.17. The monoisotopic (exact) mass is 444 g/mol. The number of hydrogen-bond donors (Lipinski definition) is 0. The van der Waals surface area contributed by atoms with Crippen LogP contribution in [-0.2, 0) is 24.7 Å². The Morgan fingerprint density at radius 3 is 2.59 bits per heavy atom. The second-order valence-corrected chi connectivity index (χ2v) is 7.99. The molecule has 1 aliphatic heterocycles. The van der Waals surface area contributed by atoms with Crippen LogP contribution >= 0.6 is 27.7 Å². The van der Waals surface area contributed by atoms with Gasteiger partial charge in [-0.25, -0.2) is 0 Å². The van der Waals surface area contributed by atoms with Crippen molar-refractivity contribution in [2.45, 2.75) is 2.96 Å². The van der Waals surface area contributed by atoms with Crippen LogP contribution in [0, 0.1) is 0 Å². The van der Waals surface area contributed by atoms with E-state index in [1.807, 2.05) is 11.8 Å². The molecule has 1 aromatic rings. The zero-order chi connectivity index (χ0) is 9.71. The third kappa shape index (κ3) is 3.43. The van der Waals surface area contributed by atoms with E-state index in [-0.39, 0.29) is 37.2 Å². The number of halogens is 4. The van der Waals surface area contributed by atoms with Gasteiger partial charge in [-0.1, -0.05) is 0 Å². The summed E-state index contributed by atoms with van der Waals surface area (Å²) in [5.74, 6) is 0. The average Bonchev–Trinajstić information content (AvgIpc) is 2.59. The molecule has 2 aliphatic rings. The van der Waals surface area contributed by atoms with Crippen LogP contribution in [0.4, 0.5) is 0 Å². The van der Waals surface area contributed by atoms with Crippen molar-refractivity contribution in [2.75, 3.05) is 0 Å². The summed E-state index contributed by atoms with van der Waals surface area (Å²) in [7, 11) is 0. The number of fused-ring (bicyclic) bond motifs is 2. The van der Waals surface area contributed by atoms with Crippen molar-refractivity contribution in [1.82, 2.24) is 0 Å². The van der Waals surface area contributed by atoms with Crippen molar-refractivity contribution in [1.29, 1.82) is 0 Å². The van der Waals surface area contributed by atoms with Gasteiger partial charge in [0.05, 0.1) is 0 Å². The quantitative estimate of drug-likeness (QED) is 0.381. The molecule has 1 heterocycles. The third-order valence-corrected chi connectivity index (χ3v) is 5.26. The summed E-state index contributed by atoms with van der Waals surface area (Å²) in [6.45, 7) is 0. The fourth-order valence-corrected chi connectivity index (χ4v) is 4.56. The Hall–Kier alpha value is 1.28. The van der Waals surface area contributed by atoms with Crippen molar-refractivity contribution in [2.24, 2.45) is 0 Å². The van der Waals surface area contributed by atoms with Crippen molar-refractivity contribution in [3.63, 3.8) is 0 Å². The fraction of sp³-hybridized carbons (Fsp3) is 0.0909. The minimum atomic E-state index is 0. The topological polar surface area (TPSA) is 0 Å². The molecule has 0 amide bonds. The van der Waals surface area contributed by atoms with Crippen molar-refractivity contribution in [3.8, 4) is 0 Å². The molecule has 1 aromatic carbocycles. The molecule has 0 nitrogen and oxygen atoms in total. The van der Waals surface area contributed by atoms with Crippen LogP contribution in [0.2, 0.25) is 0 Å². The third-order valence-electron chi connectivity index (χ3n) is 2.41. The molecule has 1 unspecified atom stereocenters. The first-order valence-electron chi connectivity index (χ1n) is 4.35. The first kappa shape index (κ1) is 18.3.